The fourth-order valence-corrected chi connectivity index (χ4v) is 2.34. The Hall–Kier alpha value is -1.63. The number of hydrogen-bond acceptors (Lipinski definition) is 5. The molecule has 0 fully saturated rings. The first-order chi connectivity index (χ1) is 8.31. The van der Waals surface area contributed by atoms with Crippen LogP contribution in [0.15, 0.2) is 4.47 Å². The molecule has 0 spiro atoms. The number of anilines is 1. The number of nitro groups is 1. The van der Waals surface area contributed by atoms with Gasteiger partial charge in [-0.25, -0.2) is 0 Å². The van der Waals surface area contributed by atoms with E-state index in [1.165, 1.54) is 7.11 Å². The van der Waals surface area contributed by atoms with Crippen LogP contribution in [-0.2, 0) is 16.0 Å². The minimum absolute atomic E-state index is 0.0368. The molecule has 6 nitrogen and oxygen atoms in total. The summed E-state index contributed by atoms with van der Waals surface area (Å²) >= 11 is 3.31. The number of nitro benzene ring substituents is 1. The molecule has 0 aromatic heterocycles. The van der Waals surface area contributed by atoms with Crippen LogP contribution in [0.25, 0.3) is 0 Å². The molecule has 0 aliphatic rings. The van der Waals surface area contributed by atoms with Crippen molar-refractivity contribution in [2.24, 2.45) is 0 Å². The number of esters is 1. The first-order valence-electron chi connectivity index (χ1n) is 5.09. The van der Waals surface area contributed by atoms with Crippen molar-refractivity contribution >= 4 is 33.3 Å². The van der Waals surface area contributed by atoms with E-state index in [1.54, 1.807) is 13.8 Å². The third kappa shape index (κ3) is 2.45. The van der Waals surface area contributed by atoms with Gasteiger partial charge in [0.2, 0.25) is 0 Å². The summed E-state index contributed by atoms with van der Waals surface area (Å²) < 4.78 is 5.18. The third-order valence-corrected chi connectivity index (χ3v) is 3.87. The highest BCUT2D eigenvalue weighted by atomic mass is 79.9. The van der Waals surface area contributed by atoms with Gasteiger partial charge in [-0.3, -0.25) is 14.9 Å². The highest BCUT2D eigenvalue weighted by molar-refractivity contribution is 9.10. The second-order valence-electron chi connectivity index (χ2n) is 3.81. The molecule has 0 radical (unpaired) electrons. The van der Waals surface area contributed by atoms with E-state index in [4.69, 9.17) is 5.73 Å². The lowest BCUT2D eigenvalue weighted by Crippen LogP contribution is -2.10. The topological polar surface area (TPSA) is 95.5 Å². The van der Waals surface area contributed by atoms with Crippen molar-refractivity contribution < 1.29 is 14.5 Å². The Labute approximate surface area is 112 Å². The van der Waals surface area contributed by atoms with Gasteiger partial charge in [0, 0.05) is 10.0 Å². The molecule has 1 aromatic rings. The van der Waals surface area contributed by atoms with Crippen LogP contribution < -0.4 is 5.73 Å². The minimum atomic E-state index is -0.537. The van der Waals surface area contributed by atoms with Gasteiger partial charge in [0.05, 0.1) is 18.5 Å². The van der Waals surface area contributed by atoms with Crippen molar-refractivity contribution in [1.29, 1.82) is 0 Å². The van der Waals surface area contributed by atoms with Crippen molar-refractivity contribution in [3.05, 3.63) is 31.3 Å². The van der Waals surface area contributed by atoms with Crippen molar-refractivity contribution in [2.45, 2.75) is 20.3 Å². The normalized spacial score (nSPS) is 10.2. The van der Waals surface area contributed by atoms with Crippen LogP contribution >= 0.6 is 15.9 Å². The highest BCUT2D eigenvalue weighted by Crippen LogP contribution is 2.38. The zero-order valence-electron chi connectivity index (χ0n) is 10.2. The molecule has 0 unspecified atom stereocenters. The number of carbonyl (C=O) groups is 1. The van der Waals surface area contributed by atoms with E-state index in [-0.39, 0.29) is 17.8 Å². The molecule has 0 heterocycles. The van der Waals surface area contributed by atoms with Gasteiger partial charge in [0.15, 0.2) is 0 Å². The largest absolute Gasteiger partial charge is 0.469 e. The van der Waals surface area contributed by atoms with Gasteiger partial charge in [-0.15, -0.1) is 0 Å². The predicted molar refractivity (Wildman–Crippen MR) is 70.4 cm³/mol. The molecule has 1 rings (SSSR count). The van der Waals surface area contributed by atoms with Gasteiger partial charge < -0.3 is 10.5 Å². The second kappa shape index (κ2) is 5.34. The lowest BCUT2D eigenvalue weighted by atomic mass is 9.99. The number of methoxy groups -OCH3 is 1. The van der Waals surface area contributed by atoms with Crippen LogP contribution in [0.5, 0.6) is 0 Å². The van der Waals surface area contributed by atoms with Crippen molar-refractivity contribution in [1.82, 2.24) is 0 Å². The summed E-state index contributed by atoms with van der Waals surface area (Å²) in [7, 11) is 1.27. The Balaban J connectivity index is 3.52. The standard InChI is InChI=1S/C11H13BrN2O4/c1-5-7(4-8(15)18-3)9(12)6(2)10(13)11(5)14(16)17/h4,13H2,1-3H3. The molecule has 0 amide bonds. The summed E-state index contributed by atoms with van der Waals surface area (Å²) in [5.41, 5.74) is 7.13. The van der Waals surface area contributed by atoms with Crippen molar-refractivity contribution in [3.63, 3.8) is 0 Å². The number of halogens is 1. The van der Waals surface area contributed by atoms with E-state index in [2.05, 4.69) is 20.7 Å². The van der Waals surface area contributed by atoms with Crippen LogP contribution in [0.3, 0.4) is 0 Å². The Kier molecular flexibility index (Phi) is 4.28. The molecule has 0 bridgehead atoms. The molecule has 0 aliphatic heterocycles. The third-order valence-electron chi connectivity index (χ3n) is 2.79. The first kappa shape index (κ1) is 14.4. The Morgan fingerprint density at radius 1 is 1.44 bits per heavy atom. The highest BCUT2D eigenvalue weighted by Gasteiger charge is 2.25. The van der Waals surface area contributed by atoms with Gasteiger partial charge in [-0.05, 0) is 25.0 Å². The number of carbonyl (C=O) groups excluding carboxylic acids is 1. The zero-order chi connectivity index (χ0) is 14.0. The maximum absolute atomic E-state index is 11.3. The van der Waals surface area contributed by atoms with Gasteiger partial charge in [0.1, 0.15) is 5.69 Å². The van der Waals surface area contributed by atoms with Crippen molar-refractivity contribution in [3.8, 4) is 0 Å². The Morgan fingerprint density at radius 3 is 2.44 bits per heavy atom. The molecular formula is C11H13BrN2O4. The number of rotatable bonds is 3. The quantitative estimate of drug-likeness (QED) is 0.399. The van der Waals surface area contributed by atoms with Gasteiger partial charge in [0.25, 0.3) is 5.69 Å². The summed E-state index contributed by atoms with van der Waals surface area (Å²) in [6, 6.07) is 0. The van der Waals surface area contributed by atoms with Crippen LogP contribution in [0.4, 0.5) is 11.4 Å². The van der Waals surface area contributed by atoms with Gasteiger partial charge in [-0.1, -0.05) is 15.9 Å². The summed E-state index contributed by atoms with van der Waals surface area (Å²) in [5.74, 6) is -0.461. The molecule has 1 aromatic carbocycles. The van der Waals surface area contributed by atoms with E-state index < -0.39 is 10.9 Å². The van der Waals surface area contributed by atoms with E-state index >= 15 is 0 Å². The molecule has 0 saturated carbocycles. The summed E-state index contributed by atoms with van der Waals surface area (Å²) in [6.07, 6.45) is -0.0368. The number of nitrogens with zero attached hydrogens (tertiary/aromatic N) is 1. The number of hydrogen-bond donors (Lipinski definition) is 1. The number of nitrogens with two attached hydrogens (primary N) is 1. The van der Waals surface area contributed by atoms with E-state index in [9.17, 15) is 14.9 Å². The summed E-state index contributed by atoms with van der Waals surface area (Å²) in [4.78, 5) is 21.8. The van der Waals surface area contributed by atoms with E-state index in [1.807, 2.05) is 0 Å². The Bertz CT molecular complexity index is 529. The van der Waals surface area contributed by atoms with Crippen LogP contribution in [-0.4, -0.2) is 18.0 Å². The average Bonchev–Trinajstić information content (AvgIpc) is 2.31. The fraction of sp³-hybridized carbons (Fsp3) is 0.364. The molecule has 7 heteroatoms. The maximum Gasteiger partial charge on any atom is 0.310 e. The predicted octanol–water partition coefficient (Wildman–Crippen LogP) is 2.27. The number of benzene rings is 1. The fourth-order valence-electron chi connectivity index (χ4n) is 1.69. The maximum atomic E-state index is 11.3. The molecule has 0 saturated heterocycles. The SMILES string of the molecule is COC(=O)Cc1c(C)c([N+](=O)[O-])c(N)c(C)c1Br. The number of ether oxygens (including phenoxy) is 1. The molecular weight excluding hydrogens is 304 g/mol. The zero-order valence-corrected chi connectivity index (χ0v) is 11.8. The smallest absolute Gasteiger partial charge is 0.310 e. The lowest BCUT2D eigenvalue weighted by molar-refractivity contribution is -0.384. The van der Waals surface area contributed by atoms with E-state index in [0.29, 0.717) is 21.2 Å². The Morgan fingerprint density at radius 2 is 2.00 bits per heavy atom. The van der Waals surface area contributed by atoms with E-state index in [0.717, 1.165) is 0 Å². The molecule has 98 valence electrons. The van der Waals surface area contributed by atoms with Crippen LogP contribution in [0, 0.1) is 24.0 Å². The average molecular weight is 317 g/mol. The van der Waals surface area contributed by atoms with Crippen molar-refractivity contribution in [2.75, 3.05) is 12.8 Å². The lowest BCUT2D eigenvalue weighted by Gasteiger charge is -2.13. The second-order valence-corrected chi connectivity index (χ2v) is 4.61. The summed E-state index contributed by atoms with van der Waals surface area (Å²) in [6.45, 7) is 3.23. The minimum Gasteiger partial charge on any atom is -0.469 e. The number of nitrogen functional groups attached to an aromatic ring is 1. The molecule has 0 atom stereocenters. The van der Waals surface area contributed by atoms with Gasteiger partial charge in [-0.2, -0.15) is 0 Å². The first-order valence-corrected chi connectivity index (χ1v) is 5.88. The monoisotopic (exact) mass is 316 g/mol. The summed E-state index contributed by atoms with van der Waals surface area (Å²) in [5, 5.41) is 11.0. The van der Waals surface area contributed by atoms with Crippen LogP contribution in [0.1, 0.15) is 16.7 Å². The molecule has 0 aliphatic carbocycles. The molecule has 18 heavy (non-hydrogen) atoms. The van der Waals surface area contributed by atoms with Crippen LogP contribution in [0.2, 0.25) is 0 Å². The molecule has 2 N–H and O–H groups in total. The van der Waals surface area contributed by atoms with Gasteiger partial charge >= 0.3 is 5.97 Å².